The van der Waals surface area contributed by atoms with E-state index in [1.807, 2.05) is 12.1 Å². The van der Waals surface area contributed by atoms with E-state index in [1.165, 1.54) is 22.8 Å². The molecule has 1 unspecified atom stereocenters. The molecule has 0 saturated carbocycles. The van der Waals surface area contributed by atoms with Crippen molar-refractivity contribution in [2.24, 2.45) is 11.7 Å². The van der Waals surface area contributed by atoms with Gasteiger partial charge in [0.1, 0.15) is 5.82 Å². The van der Waals surface area contributed by atoms with Gasteiger partial charge in [-0.1, -0.05) is 36.4 Å². The van der Waals surface area contributed by atoms with E-state index in [1.54, 1.807) is 6.07 Å². The van der Waals surface area contributed by atoms with E-state index in [0.29, 0.717) is 13.0 Å². The fraction of sp³-hybridized carbons (Fsp3) is 0.333. The van der Waals surface area contributed by atoms with Crippen LogP contribution in [0.1, 0.15) is 22.3 Å². The Morgan fingerprint density at radius 1 is 0.950 bits per heavy atom. The van der Waals surface area contributed by atoms with Gasteiger partial charge in [-0.15, -0.1) is 0 Å². The van der Waals surface area contributed by atoms with Crippen LogP contribution in [-0.2, 0) is 12.8 Å². The van der Waals surface area contributed by atoms with Crippen molar-refractivity contribution < 1.29 is 4.39 Å². The Balaban J connectivity index is 2.16. The summed E-state index contributed by atoms with van der Waals surface area (Å²) in [5, 5.41) is 0. The monoisotopic (exact) mass is 271 g/mol. The third-order valence-corrected chi connectivity index (χ3v) is 3.94. The van der Waals surface area contributed by atoms with Crippen molar-refractivity contribution in [2.45, 2.75) is 26.7 Å². The van der Waals surface area contributed by atoms with Crippen molar-refractivity contribution in [1.29, 1.82) is 0 Å². The topological polar surface area (TPSA) is 26.0 Å². The van der Waals surface area contributed by atoms with Crippen LogP contribution >= 0.6 is 0 Å². The highest BCUT2D eigenvalue weighted by molar-refractivity contribution is 5.34. The van der Waals surface area contributed by atoms with Crippen LogP contribution in [0, 0.1) is 25.6 Å². The lowest BCUT2D eigenvalue weighted by Gasteiger charge is -2.18. The van der Waals surface area contributed by atoms with Crippen molar-refractivity contribution in [3.8, 4) is 0 Å². The lowest BCUT2D eigenvalue weighted by molar-refractivity contribution is 0.510. The second-order valence-corrected chi connectivity index (χ2v) is 5.47. The molecule has 0 aliphatic carbocycles. The van der Waals surface area contributed by atoms with Crippen LogP contribution in [0.25, 0.3) is 0 Å². The van der Waals surface area contributed by atoms with Crippen LogP contribution in [0.3, 0.4) is 0 Å². The Morgan fingerprint density at radius 2 is 1.60 bits per heavy atom. The van der Waals surface area contributed by atoms with Crippen LogP contribution in [0.15, 0.2) is 42.5 Å². The highest BCUT2D eigenvalue weighted by atomic mass is 19.1. The number of aryl methyl sites for hydroxylation is 2. The summed E-state index contributed by atoms with van der Waals surface area (Å²) in [4.78, 5) is 0. The molecule has 0 radical (unpaired) electrons. The second kappa shape index (κ2) is 6.67. The first-order valence-electron chi connectivity index (χ1n) is 7.10. The summed E-state index contributed by atoms with van der Waals surface area (Å²) in [6.45, 7) is 4.82. The van der Waals surface area contributed by atoms with Gasteiger partial charge in [0.15, 0.2) is 0 Å². The number of halogens is 1. The first-order chi connectivity index (χ1) is 9.61. The van der Waals surface area contributed by atoms with Crippen molar-refractivity contribution in [1.82, 2.24) is 0 Å². The molecule has 0 fully saturated rings. The van der Waals surface area contributed by atoms with Crippen molar-refractivity contribution in [3.63, 3.8) is 0 Å². The molecule has 0 spiro atoms. The molecule has 106 valence electrons. The zero-order valence-corrected chi connectivity index (χ0v) is 12.2. The first-order valence-corrected chi connectivity index (χ1v) is 7.10. The zero-order chi connectivity index (χ0) is 14.5. The summed E-state index contributed by atoms with van der Waals surface area (Å²) in [6, 6.07) is 13.3. The number of rotatable bonds is 5. The minimum absolute atomic E-state index is 0.132. The summed E-state index contributed by atoms with van der Waals surface area (Å²) < 4.78 is 13.7. The molecule has 0 heterocycles. The van der Waals surface area contributed by atoms with Crippen LogP contribution in [0.2, 0.25) is 0 Å². The third-order valence-electron chi connectivity index (χ3n) is 3.94. The maximum absolute atomic E-state index is 13.7. The van der Waals surface area contributed by atoms with Crippen molar-refractivity contribution in [2.75, 3.05) is 6.54 Å². The minimum atomic E-state index is -0.132. The van der Waals surface area contributed by atoms with E-state index in [0.717, 1.165) is 12.0 Å². The molecule has 2 rings (SSSR count). The number of hydrogen-bond acceptors (Lipinski definition) is 1. The Bertz CT molecular complexity index is 557. The lowest BCUT2D eigenvalue weighted by Crippen LogP contribution is -2.20. The fourth-order valence-electron chi connectivity index (χ4n) is 2.67. The molecule has 0 aliphatic rings. The molecule has 0 aliphatic heterocycles. The van der Waals surface area contributed by atoms with Gasteiger partial charge in [0.25, 0.3) is 0 Å². The van der Waals surface area contributed by atoms with Gasteiger partial charge in [-0.2, -0.15) is 0 Å². The molecular weight excluding hydrogens is 249 g/mol. The van der Waals surface area contributed by atoms with Crippen LogP contribution < -0.4 is 5.73 Å². The van der Waals surface area contributed by atoms with E-state index in [9.17, 15) is 4.39 Å². The Kier molecular flexibility index (Phi) is 4.91. The summed E-state index contributed by atoms with van der Waals surface area (Å²) >= 11 is 0. The molecular formula is C18H22FN. The second-order valence-electron chi connectivity index (χ2n) is 5.47. The van der Waals surface area contributed by atoms with E-state index in [-0.39, 0.29) is 11.7 Å². The Labute approximate surface area is 120 Å². The molecule has 2 N–H and O–H groups in total. The van der Waals surface area contributed by atoms with Gasteiger partial charge < -0.3 is 5.73 Å². The van der Waals surface area contributed by atoms with Gasteiger partial charge in [0.05, 0.1) is 0 Å². The molecule has 20 heavy (non-hydrogen) atoms. The SMILES string of the molecule is Cc1cccc(C)c1CC(CN)Cc1ccccc1F. The molecule has 2 aromatic carbocycles. The number of nitrogens with two attached hydrogens (primary N) is 1. The number of hydrogen-bond donors (Lipinski definition) is 1. The summed E-state index contributed by atoms with van der Waals surface area (Å²) in [5.74, 6) is 0.138. The normalized spacial score (nSPS) is 12.4. The van der Waals surface area contributed by atoms with E-state index >= 15 is 0 Å². The molecule has 1 atom stereocenters. The fourth-order valence-corrected chi connectivity index (χ4v) is 2.67. The highest BCUT2D eigenvalue weighted by Gasteiger charge is 2.14. The molecule has 1 nitrogen and oxygen atoms in total. The quantitative estimate of drug-likeness (QED) is 0.879. The third kappa shape index (κ3) is 3.45. The zero-order valence-electron chi connectivity index (χ0n) is 12.2. The molecule has 0 bridgehead atoms. The van der Waals surface area contributed by atoms with Crippen LogP contribution in [0.5, 0.6) is 0 Å². The van der Waals surface area contributed by atoms with Gasteiger partial charge in [-0.25, -0.2) is 4.39 Å². The predicted octanol–water partition coefficient (Wildman–Crippen LogP) is 3.80. The summed E-state index contributed by atoms with van der Waals surface area (Å²) in [7, 11) is 0. The van der Waals surface area contributed by atoms with Gasteiger partial charge in [-0.3, -0.25) is 0 Å². The Hall–Kier alpha value is -1.67. The summed E-state index contributed by atoms with van der Waals surface area (Å²) in [5.41, 5.74) is 10.6. The predicted molar refractivity (Wildman–Crippen MR) is 82.3 cm³/mol. The van der Waals surface area contributed by atoms with Crippen molar-refractivity contribution >= 4 is 0 Å². The standard InChI is InChI=1S/C18H22FN/c1-13-6-5-7-14(2)17(13)11-15(12-20)10-16-8-3-4-9-18(16)19/h3-9,15H,10-12,20H2,1-2H3. The Morgan fingerprint density at radius 3 is 2.20 bits per heavy atom. The van der Waals surface area contributed by atoms with Gasteiger partial charge in [0, 0.05) is 0 Å². The van der Waals surface area contributed by atoms with E-state index < -0.39 is 0 Å². The van der Waals surface area contributed by atoms with E-state index in [4.69, 9.17) is 5.73 Å². The van der Waals surface area contributed by atoms with Crippen molar-refractivity contribution in [3.05, 3.63) is 70.5 Å². The average molecular weight is 271 g/mol. The maximum Gasteiger partial charge on any atom is 0.126 e. The molecule has 0 amide bonds. The summed E-state index contributed by atoms with van der Waals surface area (Å²) in [6.07, 6.45) is 1.60. The highest BCUT2D eigenvalue weighted by Crippen LogP contribution is 2.21. The minimum Gasteiger partial charge on any atom is -0.330 e. The van der Waals surface area contributed by atoms with Gasteiger partial charge in [0.2, 0.25) is 0 Å². The molecule has 0 aromatic heterocycles. The van der Waals surface area contributed by atoms with Crippen LogP contribution in [-0.4, -0.2) is 6.54 Å². The molecule has 2 heteroatoms. The molecule has 2 aromatic rings. The van der Waals surface area contributed by atoms with Gasteiger partial charge >= 0.3 is 0 Å². The first kappa shape index (κ1) is 14.7. The maximum atomic E-state index is 13.7. The van der Waals surface area contributed by atoms with Crippen LogP contribution in [0.4, 0.5) is 4.39 Å². The largest absolute Gasteiger partial charge is 0.330 e. The van der Waals surface area contributed by atoms with E-state index in [2.05, 4.69) is 32.0 Å². The number of benzene rings is 2. The smallest absolute Gasteiger partial charge is 0.126 e. The average Bonchev–Trinajstić information content (AvgIpc) is 2.44. The molecule has 0 saturated heterocycles. The lowest BCUT2D eigenvalue weighted by atomic mass is 9.88. The van der Waals surface area contributed by atoms with Gasteiger partial charge in [-0.05, 0) is 67.5 Å².